The monoisotopic (exact) mass is 281 g/mol. The Morgan fingerprint density at radius 1 is 1.25 bits per heavy atom. The van der Waals surface area contributed by atoms with Crippen molar-refractivity contribution in [1.82, 2.24) is 5.32 Å². The second-order valence-electron chi connectivity index (χ2n) is 5.00. The van der Waals surface area contributed by atoms with Gasteiger partial charge in [-0.1, -0.05) is 0 Å². The molecular formula is C15H23NO4. The molecule has 1 unspecified atom stereocenters. The van der Waals surface area contributed by atoms with Crippen molar-refractivity contribution in [1.29, 1.82) is 0 Å². The van der Waals surface area contributed by atoms with E-state index in [9.17, 15) is 9.90 Å². The zero-order chi connectivity index (χ0) is 15.3. The highest BCUT2D eigenvalue weighted by Gasteiger charge is 2.19. The molecule has 0 heterocycles. The normalized spacial score (nSPS) is 13.8. The number of carbonyl (C=O) groups excluding carboxylic acids is 1. The smallest absolute Gasteiger partial charge is 0.260 e. The van der Waals surface area contributed by atoms with Crippen molar-refractivity contribution in [3.63, 3.8) is 0 Å². The Hall–Kier alpha value is -1.75. The van der Waals surface area contributed by atoms with Gasteiger partial charge in [0.25, 0.3) is 5.91 Å². The molecule has 0 bridgehead atoms. The van der Waals surface area contributed by atoms with E-state index in [1.54, 1.807) is 39.2 Å². The molecule has 0 saturated heterocycles. The number of amides is 1. The van der Waals surface area contributed by atoms with Crippen molar-refractivity contribution >= 4 is 5.91 Å². The van der Waals surface area contributed by atoms with E-state index in [4.69, 9.17) is 9.47 Å². The molecule has 1 aromatic rings. The molecule has 1 amide bonds. The third kappa shape index (κ3) is 4.42. The summed E-state index contributed by atoms with van der Waals surface area (Å²) in [5.41, 5.74) is 0.620. The predicted molar refractivity (Wildman–Crippen MR) is 77.0 cm³/mol. The lowest BCUT2D eigenvalue weighted by molar-refractivity contribution is -0.127. The summed E-state index contributed by atoms with van der Waals surface area (Å²) in [6, 6.07) is 5.19. The Morgan fingerprint density at radius 2 is 1.90 bits per heavy atom. The second-order valence-corrected chi connectivity index (χ2v) is 5.00. The van der Waals surface area contributed by atoms with Gasteiger partial charge in [-0.3, -0.25) is 4.79 Å². The van der Waals surface area contributed by atoms with E-state index >= 15 is 0 Å². The van der Waals surface area contributed by atoms with Crippen LogP contribution in [0.3, 0.4) is 0 Å². The van der Waals surface area contributed by atoms with Gasteiger partial charge >= 0.3 is 0 Å². The van der Waals surface area contributed by atoms with Gasteiger partial charge in [0.05, 0.1) is 13.2 Å². The molecule has 0 saturated carbocycles. The van der Waals surface area contributed by atoms with Gasteiger partial charge in [-0.05, 0) is 39.8 Å². The number of rotatable bonds is 6. The van der Waals surface area contributed by atoms with E-state index in [-0.39, 0.29) is 11.9 Å². The standard InChI is InChI=1S/C15H23NO4/c1-9(2)16-15(18)11(4)20-14-8-12(19-5)6-7-13(14)10(3)17/h6-11,17H,1-5H3,(H,16,18)/t10-,11?/m0/s1. The minimum absolute atomic E-state index is 0.0510. The van der Waals surface area contributed by atoms with Crippen LogP contribution in [0.15, 0.2) is 18.2 Å². The molecule has 2 atom stereocenters. The van der Waals surface area contributed by atoms with Crippen molar-refractivity contribution in [2.45, 2.75) is 45.9 Å². The molecule has 2 N–H and O–H groups in total. The molecule has 112 valence electrons. The molecule has 1 aromatic carbocycles. The number of hydrogen-bond acceptors (Lipinski definition) is 4. The number of nitrogens with one attached hydrogen (secondary N) is 1. The number of ether oxygens (including phenoxy) is 2. The Morgan fingerprint density at radius 3 is 2.40 bits per heavy atom. The van der Waals surface area contributed by atoms with Gasteiger partial charge in [0, 0.05) is 17.7 Å². The van der Waals surface area contributed by atoms with Crippen molar-refractivity contribution in [2.75, 3.05) is 7.11 Å². The lowest BCUT2D eigenvalue weighted by Gasteiger charge is -2.20. The summed E-state index contributed by atoms with van der Waals surface area (Å²) >= 11 is 0. The van der Waals surface area contributed by atoms with Crippen LogP contribution in [0.4, 0.5) is 0 Å². The average molecular weight is 281 g/mol. The Balaban J connectivity index is 2.91. The maximum Gasteiger partial charge on any atom is 0.260 e. The van der Waals surface area contributed by atoms with Gasteiger partial charge < -0.3 is 19.9 Å². The second kappa shape index (κ2) is 7.14. The predicted octanol–water partition coefficient (Wildman–Crippen LogP) is 2.04. The first-order valence-electron chi connectivity index (χ1n) is 6.68. The number of aliphatic hydroxyl groups excluding tert-OH is 1. The molecule has 0 fully saturated rings. The number of methoxy groups -OCH3 is 1. The van der Waals surface area contributed by atoms with Crippen LogP contribution in [0.5, 0.6) is 11.5 Å². The van der Waals surface area contributed by atoms with Crippen molar-refractivity contribution in [3.05, 3.63) is 23.8 Å². The van der Waals surface area contributed by atoms with Gasteiger partial charge in [-0.25, -0.2) is 0 Å². The molecule has 1 rings (SSSR count). The summed E-state index contributed by atoms with van der Waals surface area (Å²) in [5, 5.41) is 12.5. The quantitative estimate of drug-likeness (QED) is 0.837. The minimum atomic E-state index is -0.684. The van der Waals surface area contributed by atoms with Gasteiger partial charge in [0.1, 0.15) is 11.5 Å². The third-order valence-electron chi connectivity index (χ3n) is 2.77. The first-order chi connectivity index (χ1) is 9.35. The summed E-state index contributed by atoms with van der Waals surface area (Å²) in [6.45, 7) is 7.09. The maximum absolute atomic E-state index is 11.9. The van der Waals surface area contributed by atoms with E-state index in [2.05, 4.69) is 5.32 Å². The van der Waals surface area contributed by atoms with Crippen LogP contribution in [0, 0.1) is 0 Å². The van der Waals surface area contributed by atoms with Crippen LogP contribution in [0.1, 0.15) is 39.4 Å². The van der Waals surface area contributed by atoms with Gasteiger partial charge in [-0.15, -0.1) is 0 Å². The highest BCUT2D eigenvalue weighted by Crippen LogP contribution is 2.30. The highest BCUT2D eigenvalue weighted by atomic mass is 16.5. The number of benzene rings is 1. The lowest BCUT2D eigenvalue weighted by Crippen LogP contribution is -2.40. The molecule has 20 heavy (non-hydrogen) atoms. The largest absolute Gasteiger partial charge is 0.497 e. The topological polar surface area (TPSA) is 67.8 Å². The first-order valence-corrected chi connectivity index (χ1v) is 6.68. The van der Waals surface area contributed by atoms with Crippen molar-refractivity contribution in [3.8, 4) is 11.5 Å². The van der Waals surface area contributed by atoms with Gasteiger partial charge in [-0.2, -0.15) is 0 Å². The highest BCUT2D eigenvalue weighted by molar-refractivity contribution is 5.81. The Bertz CT molecular complexity index is 457. The van der Waals surface area contributed by atoms with Crippen LogP contribution < -0.4 is 14.8 Å². The molecule has 0 aliphatic carbocycles. The fraction of sp³-hybridized carbons (Fsp3) is 0.533. The van der Waals surface area contributed by atoms with Crippen molar-refractivity contribution < 1.29 is 19.4 Å². The van der Waals surface area contributed by atoms with E-state index in [0.29, 0.717) is 17.1 Å². The lowest BCUT2D eigenvalue weighted by atomic mass is 10.1. The van der Waals surface area contributed by atoms with E-state index in [1.807, 2.05) is 13.8 Å². The molecular weight excluding hydrogens is 258 g/mol. The first kappa shape index (κ1) is 16.3. The summed E-state index contributed by atoms with van der Waals surface area (Å²) < 4.78 is 10.8. The zero-order valence-corrected chi connectivity index (χ0v) is 12.6. The number of carbonyl (C=O) groups is 1. The molecule has 0 aromatic heterocycles. The summed E-state index contributed by atoms with van der Waals surface area (Å²) in [4.78, 5) is 11.9. The molecule has 0 radical (unpaired) electrons. The van der Waals surface area contributed by atoms with Crippen LogP contribution in [-0.2, 0) is 4.79 Å². The van der Waals surface area contributed by atoms with Crippen LogP contribution in [-0.4, -0.2) is 30.3 Å². The molecule has 0 aliphatic heterocycles. The van der Waals surface area contributed by atoms with E-state index in [1.165, 1.54) is 0 Å². The van der Waals surface area contributed by atoms with E-state index < -0.39 is 12.2 Å². The van der Waals surface area contributed by atoms with Crippen molar-refractivity contribution in [2.24, 2.45) is 0 Å². The number of aliphatic hydroxyl groups is 1. The fourth-order valence-electron chi connectivity index (χ4n) is 1.73. The molecule has 0 spiro atoms. The van der Waals surface area contributed by atoms with Gasteiger partial charge in [0.2, 0.25) is 0 Å². The summed E-state index contributed by atoms with van der Waals surface area (Å²) in [6.07, 6.45) is -1.33. The Labute approximate surface area is 119 Å². The summed E-state index contributed by atoms with van der Waals surface area (Å²) in [5.74, 6) is 0.867. The number of hydrogen-bond donors (Lipinski definition) is 2. The van der Waals surface area contributed by atoms with Crippen LogP contribution >= 0.6 is 0 Å². The maximum atomic E-state index is 11.9. The van der Waals surface area contributed by atoms with E-state index in [0.717, 1.165) is 0 Å². The third-order valence-corrected chi connectivity index (χ3v) is 2.77. The zero-order valence-electron chi connectivity index (χ0n) is 12.6. The Kier molecular flexibility index (Phi) is 5.82. The molecule has 5 heteroatoms. The SMILES string of the molecule is COc1ccc([C@H](C)O)c(OC(C)C(=O)NC(C)C)c1. The fourth-order valence-corrected chi connectivity index (χ4v) is 1.73. The summed E-state index contributed by atoms with van der Waals surface area (Å²) in [7, 11) is 1.55. The molecule has 0 aliphatic rings. The van der Waals surface area contributed by atoms with Crippen LogP contribution in [0.2, 0.25) is 0 Å². The molecule has 5 nitrogen and oxygen atoms in total. The average Bonchev–Trinajstić information content (AvgIpc) is 2.37. The van der Waals surface area contributed by atoms with Gasteiger partial charge in [0.15, 0.2) is 6.10 Å². The van der Waals surface area contributed by atoms with Crippen LogP contribution in [0.25, 0.3) is 0 Å². The minimum Gasteiger partial charge on any atom is -0.497 e.